The van der Waals surface area contributed by atoms with Gasteiger partial charge in [0.05, 0.1) is 4.92 Å². The van der Waals surface area contributed by atoms with Crippen LogP contribution in [-0.4, -0.2) is 36.2 Å². The van der Waals surface area contributed by atoms with Crippen LogP contribution in [0.4, 0.5) is 17.3 Å². The van der Waals surface area contributed by atoms with E-state index in [0.29, 0.717) is 19.0 Å². The van der Waals surface area contributed by atoms with E-state index in [1.54, 1.807) is 13.2 Å². The normalized spacial score (nSPS) is 11.9. The highest BCUT2D eigenvalue weighted by Crippen LogP contribution is 2.24. The van der Waals surface area contributed by atoms with Crippen molar-refractivity contribution < 1.29 is 9.66 Å². The molecule has 2 N–H and O–H groups in total. The summed E-state index contributed by atoms with van der Waals surface area (Å²) in [5.74, 6) is 0.904. The molecular formula is C12H20N4O3. The van der Waals surface area contributed by atoms with Crippen LogP contribution in [-0.2, 0) is 4.74 Å². The molecule has 7 heteroatoms. The van der Waals surface area contributed by atoms with Gasteiger partial charge in [0, 0.05) is 32.4 Å². The molecule has 1 unspecified atom stereocenters. The molecule has 106 valence electrons. The zero-order chi connectivity index (χ0) is 14.3. The SMILES string of the molecule is CCNc1ccc([N+](=O)[O-])c(NC(C)CCOC)n1. The highest BCUT2D eigenvalue weighted by Gasteiger charge is 2.17. The van der Waals surface area contributed by atoms with E-state index in [-0.39, 0.29) is 17.5 Å². The molecular weight excluding hydrogens is 248 g/mol. The summed E-state index contributed by atoms with van der Waals surface area (Å²) >= 11 is 0. The van der Waals surface area contributed by atoms with Crippen molar-refractivity contribution in [3.8, 4) is 0 Å². The van der Waals surface area contributed by atoms with Crippen LogP contribution in [0.3, 0.4) is 0 Å². The van der Waals surface area contributed by atoms with Gasteiger partial charge in [0.15, 0.2) is 0 Å². The lowest BCUT2D eigenvalue weighted by Gasteiger charge is -2.14. The molecule has 1 atom stereocenters. The molecule has 1 aromatic heterocycles. The van der Waals surface area contributed by atoms with E-state index in [1.165, 1.54) is 6.07 Å². The molecule has 1 rings (SSSR count). The van der Waals surface area contributed by atoms with Gasteiger partial charge in [-0.05, 0) is 26.3 Å². The molecule has 1 heterocycles. The van der Waals surface area contributed by atoms with Gasteiger partial charge in [0.25, 0.3) is 0 Å². The fourth-order valence-corrected chi connectivity index (χ4v) is 1.59. The summed E-state index contributed by atoms with van der Waals surface area (Å²) in [7, 11) is 1.62. The van der Waals surface area contributed by atoms with E-state index in [4.69, 9.17) is 4.74 Å². The van der Waals surface area contributed by atoms with Crippen molar-refractivity contribution in [2.45, 2.75) is 26.3 Å². The Balaban J connectivity index is 2.87. The van der Waals surface area contributed by atoms with Gasteiger partial charge in [0.2, 0.25) is 5.82 Å². The number of nitro groups is 1. The minimum Gasteiger partial charge on any atom is -0.385 e. The molecule has 1 aromatic rings. The number of pyridine rings is 1. The second-order valence-electron chi connectivity index (χ2n) is 4.18. The second kappa shape index (κ2) is 7.52. The Morgan fingerprint density at radius 3 is 2.84 bits per heavy atom. The van der Waals surface area contributed by atoms with Crippen LogP contribution in [0.2, 0.25) is 0 Å². The Labute approximate surface area is 112 Å². The van der Waals surface area contributed by atoms with Crippen LogP contribution < -0.4 is 10.6 Å². The number of ether oxygens (including phenoxy) is 1. The molecule has 7 nitrogen and oxygen atoms in total. The number of nitrogens with one attached hydrogen (secondary N) is 2. The number of hydrogen-bond acceptors (Lipinski definition) is 6. The van der Waals surface area contributed by atoms with Crippen molar-refractivity contribution in [3.63, 3.8) is 0 Å². The summed E-state index contributed by atoms with van der Waals surface area (Å²) in [5, 5.41) is 17.1. The van der Waals surface area contributed by atoms with Crippen molar-refractivity contribution in [1.29, 1.82) is 0 Å². The average molecular weight is 268 g/mol. The second-order valence-corrected chi connectivity index (χ2v) is 4.18. The lowest BCUT2D eigenvalue weighted by atomic mass is 10.2. The van der Waals surface area contributed by atoms with Gasteiger partial charge in [-0.15, -0.1) is 0 Å². The zero-order valence-corrected chi connectivity index (χ0v) is 11.5. The molecule has 0 spiro atoms. The maximum atomic E-state index is 11.0. The quantitative estimate of drug-likeness (QED) is 0.555. The molecule has 0 amide bonds. The molecule has 0 fully saturated rings. The number of methoxy groups -OCH3 is 1. The van der Waals surface area contributed by atoms with Crippen LogP contribution in [0.1, 0.15) is 20.3 Å². The number of anilines is 2. The fourth-order valence-electron chi connectivity index (χ4n) is 1.59. The Bertz CT molecular complexity index is 425. The molecule has 0 radical (unpaired) electrons. The zero-order valence-electron chi connectivity index (χ0n) is 11.5. The maximum absolute atomic E-state index is 11.0. The predicted molar refractivity (Wildman–Crippen MR) is 74.6 cm³/mol. The lowest BCUT2D eigenvalue weighted by Crippen LogP contribution is -2.19. The molecule has 0 aromatic carbocycles. The van der Waals surface area contributed by atoms with E-state index in [0.717, 1.165) is 6.42 Å². The van der Waals surface area contributed by atoms with E-state index in [9.17, 15) is 10.1 Å². The molecule has 0 aliphatic carbocycles. The molecule has 0 aliphatic heterocycles. The van der Waals surface area contributed by atoms with Gasteiger partial charge >= 0.3 is 5.69 Å². The minimum atomic E-state index is -0.436. The van der Waals surface area contributed by atoms with Gasteiger partial charge in [-0.3, -0.25) is 10.1 Å². The topological polar surface area (TPSA) is 89.3 Å². The van der Waals surface area contributed by atoms with Gasteiger partial charge in [-0.1, -0.05) is 0 Å². The van der Waals surface area contributed by atoms with Crippen molar-refractivity contribution in [2.24, 2.45) is 0 Å². The predicted octanol–water partition coefficient (Wildman–Crippen LogP) is 2.26. The van der Waals surface area contributed by atoms with E-state index in [2.05, 4.69) is 15.6 Å². The van der Waals surface area contributed by atoms with Crippen LogP contribution in [0.5, 0.6) is 0 Å². The Kier molecular flexibility index (Phi) is 6.01. The number of aromatic nitrogens is 1. The first kappa shape index (κ1) is 15.2. The van der Waals surface area contributed by atoms with E-state index in [1.807, 2.05) is 13.8 Å². The summed E-state index contributed by atoms with van der Waals surface area (Å²) in [5.41, 5.74) is -0.0223. The van der Waals surface area contributed by atoms with E-state index < -0.39 is 4.92 Å². The lowest BCUT2D eigenvalue weighted by molar-refractivity contribution is -0.384. The Morgan fingerprint density at radius 1 is 1.53 bits per heavy atom. The summed E-state index contributed by atoms with van der Waals surface area (Å²) in [6, 6.07) is 3.10. The first-order chi connectivity index (χ1) is 9.08. The maximum Gasteiger partial charge on any atom is 0.311 e. The summed E-state index contributed by atoms with van der Waals surface area (Å²) < 4.78 is 4.98. The summed E-state index contributed by atoms with van der Waals surface area (Å²) in [4.78, 5) is 14.8. The molecule has 0 bridgehead atoms. The van der Waals surface area contributed by atoms with Crippen LogP contribution in [0, 0.1) is 10.1 Å². The summed E-state index contributed by atoms with van der Waals surface area (Å²) in [6.45, 7) is 5.18. The van der Waals surface area contributed by atoms with Crippen LogP contribution >= 0.6 is 0 Å². The fraction of sp³-hybridized carbons (Fsp3) is 0.583. The first-order valence-electron chi connectivity index (χ1n) is 6.23. The minimum absolute atomic E-state index is 0.0223. The van der Waals surface area contributed by atoms with E-state index >= 15 is 0 Å². The molecule has 0 aliphatic rings. The first-order valence-corrected chi connectivity index (χ1v) is 6.23. The van der Waals surface area contributed by atoms with Crippen LogP contribution in [0.25, 0.3) is 0 Å². The van der Waals surface area contributed by atoms with Crippen LogP contribution in [0.15, 0.2) is 12.1 Å². The van der Waals surface area contributed by atoms with Gasteiger partial charge in [-0.2, -0.15) is 0 Å². The van der Waals surface area contributed by atoms with Crippen molar-refractivity contribution in [3.05, 3.63) is 22.2 Å². The van der Waals surface area contributed by atoms with Crippen molar-refractivity contribution >= 4 is 17.3 Å². The summed E-state index contributed by atoms with van der Waals surface area (Å²) in [6.07, 6.45) is 0.751. The Hall–Kier alpha value is -1.89. The number of rotatable bonds is 8. The monoisotopic (exact) mass is 268 g/mol. The number of nitrogens with zero attached hydrogens (tertiary/aromatic N) is 2. The van der Waals surface area contributed by atoms with Crippen molar-refractivity contribution in [2.75, 3.05) is 30.9 Å². The molecule has 0 saturated heterocycles. The van der Waals surface area contributed by atoms with Gasteiger partial charge < -0.3 is 15.4 Å². The third-order valence-electron chi connectivity index (χ3n) is 2.57. The average Bonchev–Trinajstić information content (AvgIpc) is 2.36. The standard InChI is InChI=1S/C12H20N4O3/c1-4-13-11-6-5-10(16(17)18)12(15-11)14-9(2)7-8-19-3/h5-6,9H,4,7-8H2,1-3H3,(H2,13,14,15). The highest BCUT2D eigenvalue weighted by molar-refractivity contribution is 5.60. The van der Waals surface area contributed by atoms with Gasteiger partial charge in [-0.25, -0.2) is 4.98 Å². The third kappa shape index (κ3) is 4.70. The van der Waals surface area contributed by atoms with Gasteiger partial charge in [0.1, 0.15) is 5.82 Å². The highest BCUT2D eigenvalue weighted by atomic mass is 16.6. The molecule has 19 heavy (non-hydrogen) atoms. The number of hydrogen-bond donors (Lipinski definition) is 2. The smallest absolute Gasteiger partial charge is 0.311 e. The Morgan fingerprint density at radius 2 is 2.26 bits per heavy atom. The molecule has 0 saturated carbocycles. The van der Waals surface area contributed by atoms with Crippen molar-refractivity contribution in [1.82, 2.24) is 4.98 Å². The third-order valence-corrected chi connectivity index (χ3v) is 2.57. The largest absolute Gasteiger partial charge is 0.385 e.